The van der Waals surface area contributed by atoms with E-state index in [1.54, 1.807) is 10.7 Å². The molecular formula is C14H12BrN3O. The molecule has 3 rings (SSSR count). The highest BCUT2D eigenvalue weighted by Gasteiger charge is 2.08. The maximum absolute atomic E-state index is 5.85. The fraction of sp³-hybridized carbons (Fsp3) is 0.143. The summed E-state index contributed by atoms with van der Waals surface area (Å²) in [7, 11) is 0. The molecule has 4 nitrogen and oxygen atoms in total. The van der Waals surface area contributed by atoms with Crippen LogP contribution in [-0.2, 0) is 0 Å². The molecule has 0 aliphatic carbocycles. The summed E-state index contributed by atoms with van der Waals surface area (Å²) in [5, 5.41) is 4.34. The zero-order valence-corrected chi connectivity index (χ0v) is 12.2. The number of aromatic nitrogens is 3. The molecule has 0 N–H and O–H groups in total. The summed E-state index contributed by atoms with van der Waals surface area (Å²) in [5.74, 6) is 1.32. The smallest absolute Gasteiger partial charge is 0.245 e. The third kappa shape index (κ3) is 2.33. The van der Waals surface area contributed by atoms with Crippen LogP contribution in [0.25, 0.3) is 5.52 Å². The number of hydrogen-bond acceptors (Lipinski definition) is 3. The van der Waals surface area contributed by atoms with Gasteiger partial charge in [0.05, 0.1) is 5.69 Å². The molecule has 0 saturated carbocycles. The predicted octanol–water partition coefficient (Wildman–Crippen LogP) is 3.90. The van der Waals surface area contributed by atoms with Crippen LogP contribution < -0.4 is 4.74 Å². The first kappa shape index (κ1) is 12.2. The van der Waals surface area contributed by atoms with Crippen LogP contribution in [0.15, 0.2) is 41.1 Å². The van der Waals surface area contributed by atoms with Crippen molar-refractivity contribution >= 4 is 21.4 Å². The van der Waals surface area contributed by atoms with E-state index in [-0.39, 0.29) is 0 Å². The molecule has 3 aromatic rings. The maximum atomic E-state index is 5.85. The Balaban J connectivity index is 2.02. The van der Waals surface area contributed by atoms with E-state index in [2.05, 4.69) is 26.0 Å². The molecule has 0 unspecified atom stereocenters. The van der Waals surface area contributed by atoms with Gasteiger partial charge in [0.1, 0.15) is 11.3 Å². The molecule has 0 radical (unpaired) electrons. The summed E-state index contributed by atoms with van der Waals surface area (Å²) in [6.07, 6.45) is 3.49. The highest BCUT2D eigenvalue weighted by atomic mass is 79.9. The van der Waals surface area contributed by atoms with Crippen LogP contribution in [0, 0.1) is 13.8 Å². The van der Waals surface area contributed by atoms with Gasteiger partial charge in [0.15, 0.2) is 0 Å². The lowest BCUT2D eigenvalue weighted by atomic mass is 10.2. The standard InChI is InChI=1S/C14H12BrN3O/c1-9-7-11(3-4-12(9)15)19-14-13-8-10(2)17-18(13)6-5-16-14/h3-8H,1-2H3. The van der Waals surface area contributed by atoms with Crippen LogP contribution in [0.1, 0.15) is 11.3 Å². The first-order valence-corrected chi connectivity index (χ1v) is 6.68. The summed E-state index contributed by atoms with van der Waals surface area (Å²) in [6, 6.07) is 7.80. The number of hydrogen-bond donors (Lipinski definition) is 0. The third-order valence-electron chi connectivity index (χ3n) is 2.82. The SMILES string of the molecule is Cc1cc2c(Oc3ccc(Br)c(C)c3)nccn2n1. The molecule has 0 aliphatic heterocycles. The minimum absolute atomic E-state index is 0.560. The Morgan fingerprint density at radius 1 is 1.21 bits per heavy atom. The van der Waals surface area contributed by atoms with Gasteiger partial charge in [-0.1, -0.05) is 15.9 Å². The third-order valence-corrected chi connectivity index (χ3v) is 3.71. The molecule has 1 aromatic carbocycles. The minimum Gasteiger partial charge on any atom is -0.437 e. The van der Waals surface area contributed by atoms with Crippen LogP contribution in [-0.4, -0.2) is 14.6 Å². The molecule has 2 aromatic heterocycles. The van der Waals surface area contributed by atoms with Crippen LogP contribution >= 0.6 is 15.9 Å². The minimum atomic E-state index is 0.560. The second-order valence-electron chi connectivity index (χ2n) is 4.36. The molecule has 0 bridgehead atoms. The molecule has 19 heavy (non-hydrogen) atoms. The Kier molecular flexibility index (Phi) is 2.98. The topological polar surface area (TPSA) is 39.4 Å². The zero-order valence-electron chi connectivity index (χ0n) is 10.6. The summed E-state index contributed by atoms with van der Waals surface area (Å²) in [5.41, 5.74) is 2.92. The summed E-state index contributed by atoms with van der Waals surface area (Å²) < 4.78 is 8.68. The number of rotatable bonds is 2. The number of nitrogens with zero attached hydrogens (tertiary/aromatic N) is 3. The van der Waals surface area contributed by atoms with E-state index in [9.17, 15) is 0 Å². The van der Waals surface area contributed by atoms with Crippen molar-refractivity contribution in [3.05, 3.63) is 52.4 Å². The number of fused-ring (bicyclic) bond motifs is 1. The average molecular weight is 318 g/mol. The van der Waals surface area contributed by atoms with E-state index in [0.29, 0.717) is 5.88 Å². The van der Waals surface area contributed by atoms with Gasteiger partial charge in [-0.05, 0) is 43.7 Å². The van der Waals surface area contributed by atoms with Crippen molar-refractivity contribution in [2.24, 2.45) is 0 Å². The van der Waals surface area contributed by atoms with Crippen LogP contribution in [0.2, 0.25) is 0 Å². The molecule has 0 amide bonds. The van der Waals surface area contributed by atoms with Gasteiger partial charge in [0.2, 0.25) is 5.88 Å². The van der Waals surface area contributed by atoms with Gasteiger partial charge in [0.25, 0.3) is 0 Å². The highest BCUT2D eigenvalue weighted by Crippen LogP contribution is 2.27. The Hall–Kier alpha value is -1.88. The van der Waals surface area contributed by atoms with Crippen molar-refractivity contribution in [2.45, 2.75) is 13.8 Å². The maximum Gasteiger partial charge on any atom is 0.245 e. The molecule has 0 saturated heterocycles. The molecule has 0 fully saturated rings. The van der Waals surface area contributed by atoms with Gasteiger partial charge in [-0.15, -0.1) is 0 Å². The number of ether oxygens (including phenoxy) is 1. The van der Waals surface area contributed by atoms with E-state index < -0.39 is 0 Å². The van der Waals surface area contributed by atoms with Gasteiger partial charge in [-0.2, -0.15) is 5.10 Å². The number of aryl methyl sites for hydroxylation is 2. The molecule has 0 aliphatic rings. The predicted molar refractivity (Wildman–Crippen MR) is 76.7 cm³/mol. The first-order chi connectivity index (χ1) is 9.13. The van der Waals surface area contributed by atoms with Crippen LogP contribution in [0.4, 0.5) is 0 Å². The Morgan fingerprint density at radius 3 is 2.84 bits per heavy atom. The molecule has 5 heteroatoms. The Morgan fingerprint density at radius 2 is 2.05 bits per heavy atom. The lowest BCUT2D eigenvalue weighted by Crippen LogP contribution is -1.94. The fourth-order valence-corrected chi connectivity index (χ4v) is 2.14. The van der Waals surface area contributed by atoms with Crippen molar-refractivity contribution in [3.63, 3.8) is 0 Å². The first-order valence-electron chi connectivity index (χ1n) is 5.88. The number of benzene rings is 1. The summed E-state index contributed by atoms with van der Waals surface area (Å²) in [4.78, 5) is 4.27. The second kappa shape index (κ2) is 4.66. The summed E-state index contributed by atoms with van der Waals surface area (Å²) >= 11 is 3.47. The lowest BCUT2D eigenvalue weighted by molar-refractivity contribution is 0.465. The van der Waals surface area contributed by atoms with Crippen molar-refractivity contribution in [1.82, 2.24) is 14.6 Å². The number of halogens is 1. The molecule has 2 heterocycles. The van der Waals surface area contributed by atoms with Crippen LogP contribution in [0.3, 0.4) is 0 Å². The molecule has 96 valence electrons. The Bertz CT molecular complexity index is 752. The normalized spacial score (nSPS) is 10.9. The monoisotopic (exact) mass is 317 g/mol. The van der Waals surface area contributed by atoms with Gasteiger partial charge in [-0.3, -0.25) is 0 Å². The quantitative estimate of drug-likeness (QED) is 0.719. The molecule has 0 spiro atoms. The zero-order chi connectivity index (χ0) is 13.4. The fourth-order valence-electron chi connectivity index (χ4n) is 1.89. The van der Waals surface area contributed by atoms with E-state index in [1.165, 1.54) is 0 Å². The van der Waals surface area contributed by atoms with Gasteiger partial charge < -0.3 is 4.74 Å². The van der Waals surface area contributed by atoms with E-state index in [4.69, 9.17) is 4.74 Å². The van der Waals surface area contributed by atoms with Crippen molar-refractivity contribution in [3.8, 4) is 11.6 Å². The van der Waals surface area contributed by atoms with E-state index >= 15 is 0 Å². The van der Waals surface area contributed by atoms with E-state index in [0.717, 1.165) is 27.0 Å². The Labute approximate surface area is 119 Å². The molecular weight excluding hydrogens is 306 g/mol. The highest BCUT2D eigenvalue weighted by molar-refractivity contribution is 9.10. The van der Waals surface area contributed by atoms with Crippen molar-refractivity contribution < 1.29 is 4.74 Å². The summed E-state index contributed by atoms with van der Waals surface area (Å²) in [6.45, 7) is 3.97. The van der Waals surface area contributed by atoms with Gasteiger partial charge >= 0.3 is 0 Å². The average Bonchev–Trinajstić information content (AvgIpc) is 2.75. The van der Waals surface area contributed by atoms with Gasteiger partial charge in [0, 0.05) is 16.9 Å². The van der Waals surface area contributed by atoms with E-state index in [1.807, 2.05) is 44.3 Å². The molecule has 0 atom stereocenters. The lowest BCUT2D eigenvalue weighted by Gasteiger charge is -2.07. The largest absolute Gasteiger partial charge is 0.437 e. The van der Waals surface area contributed by atoms with Crippen LogP contribution in [0.5, 0.6) is 11.6 Å². The second-order valence-corrected chi connectivity index (χ2v) is 5.22. The van der Waals surface area contributed by atoms with Crippen molar-refractivity contribution in [1.29, 1.82) is 0 Å². The van der Waals surface area contributed by atoms with Crippen molar-refractivity contribution in [2.75, 3.05) is 0 Å². The van der Waals surface area contributed by atoms with Gasteiger partial charge in [-0.25, -0.2) is 9.50 Å².